The SMILES string of the molecule is C=CO.[O]=[W](=[O])=[O]. The van der Waals surface area contributed by atoms with Gasteiger partial charge in [-0.25, -0.2) is 0 Å². The van der Waals surface area contributed by atoms with Gasteiger partial charge < -0.3 is 5.11 Å². The van der Waals surface area contributed by atoms with Crippen LogP contribution in [0, 0.1) is 0 Å². The maximum atomic E-state index is 8.61. The van der Waals surface area contributed by atoms with Gasteiger partial charge in [0.2, 0.25) is 0 Å². The molecular formula is C2H4O4W. The molecule has 0 saturated carbocycles. The van der Waals surface area contributed by atoms with Crippen LogP contribution in [-0.2, 0) is 27.4 Å². The molecule has 42 valence electrons. The van der Waals surface area contributed by atoms with Crippen LogP contribution in [-0.4, -0.2) is 5.11 Å². The Kier molecular flexibility index (Phi) is 12.8. The Morgan fingerprint density at radius 1 is 1.43 bits per heavy atom. The third-order valence-corrected chi connectivity index (χ3v) is 0. The molecular weight excluding hydrogens is 272 g/mol. The van der Waals surface area contributed by atoms with E-state index in [1.807, 2.05) is 0 Å². The summed E-state index contributed by atoms with van der Waals surface area (Å²) in [6.45, 7) is 2.92. The summed E-state index contributed by atoms with van der Waals surface area (Å²) in [4.78, 5) is 0. The predicted octanol–water partition coefficient (Wildman–Crippen LogP) is 0.329. The second-order valence-electron chi connectivity index (χ2n) is 0.387. The van der Waals surface area contributed by atoms with E-state index in [1.165, 1.54) is 0 Å². The van der Waals surface area contributed by atoms with E-state index in [9.17, 15) is 0 Å². The van der Waals surface area contributed by atoms with Crippen molar-refractivity contribution in [2.75, 3.05) is 0 Å². The van der Waals surface area contributed by atoms with E-state index in [0.29, 0.717) is 0 Å². The van der Waals surface area contributed by atoms with Gasteiger partial charge in [-0.3, -0.25) is 0 Å². The summed E-state index contributed by atoms with van der Waals surface area (Å²) in [7, 11) is 0. The topological polar surface area (TPSA) is 71.4 Å². The molecule has 0 saturated heterocycles. The second-order valence-corrected chi connectivity index (χ2v) is 1.85. The van der Waals surface area contributed by atoms with Crippen LogP contribution in [0.2, 0.25) is 0 Å². The molecule has 0 fully saturated rings. The Balaban J connectivity index is 0. The van der Waals surface area contributed by atoms with Crippen LogP contribution in [0.1, 0.15) is 0 Å². The minimum atomic E-state index is -4.28. The van der Waals surface area contributed by atoms with Crippen LogP contribution in [0.5, 0.6) is 0 Å². The van der Waals surface area contributed by atoms with Crippen molar-refractivity contribution in [3.63, 3.8) is 0 Å². The number of rotatable bonds is 0. The molecule has 0 aromatic heterocycles. The molecule has 0 radical (unpaired) electrons. The van der Waals surface area contributed by atoms with Gasteiger partial charge in [-0.15, -0.1) is 0 Å². The maximum absolute atomic E-state index is 8.61. The van der Waals surface area contributed by atoms with Crippen molar-refractivity contribution in [2.45, 2.75) is 0 Å². The first kappa shape index (κ1) is 9.80. The molecule has 0 amide bonds. The van der Waals surface area contributed by atoms with Gasteiger partial charge in [-0.2, -0.15) is 0 Å². The predicted molar refractivity (Wildman–Crippen MR) is 14.9 cm³/mol. The molecule has 0 aromatic carbocycles. The van der Waals surface area contributed by atoms with E-state index < -0.39 is 17.2 Å². The zero-order valence-corrected chi connectivity index (χ0v) is 6.30. The van der Waals surface area contributed by atoms with Crippen LogP contribution in [0.25, 0.3) is 0 Å². The molecule has 0 atom stereocenters. The van der Waals surface area contributed by atoms with Crippen molar-refractivity contribution in [3.05, 3.63) is 12.8 Å². The van der Waals surface area contributed by atoms with E-state index in [-0.39, 0.29) is 0 Å². The Morgan fingerprint density at radius 2 is 1.43 bits per heavy atom. The fourth-order valence-corrected chi connectivity index (χ4v) is 0. The van der Waals surface area contributed by atoms with E-state index >= 15 is 0 Å². The fraction of sp³-hybridized carbons (Fsp3) is 0. The molecule has 0 unspecified atom stereocenters. The quantitative estimate of drug-likeness (QED) is 0.647. The van der Waals surface area contributed by atoms with E-state index in [2.05, 4.69) is 6.58 Å². The van der Waals surface area contributed by atoms with Gasteiger partial charge >= 0.3 is 27.4 Å². The van der Waals surface area contributed by atoms with Crippen LogP contribution >= 0.6 is 0 Å². The van der Waals surface area contributed by atoms with Crippen LogP contribution in [0.15, 0.2) is 12.8 Å². The van der Waals surface area contributed by atoms with Gasteiger partial charge in [0, 0.05) is 0 Å². The summed E-state index contributed by atoms with van der Waals surface area (Å²) >= 11 is -4.28. The van der Waals surface area contributed by atoms with Gasteiger partial charge in [0.15, 0.2) is 0 Å². The molecule has 0 rings (SSSR count). The van der Waals surface area contributed by atoms with E-state index in [4.69, 9.17) is 15.3 Å². The molecule has 0 bridgehead atoms. The van der Waals surface area contributed by atoms with Crippen molar-refractivity contribution in [2.24, 2.45) is 0 Å². The molecule has 5 heteroatoms. The molecule has 4 nitrogen and oxygen atoms in total. The zero-order chi connectivity index (χ0) is 6.28. The van der Waals surface area contributed by atoms with Crippen LogP contribution in [0.3, 0.4) is 0 Å². The molecule has 0 aliphatic carbocycles. The molecule has 0 aromatic rings. The summed E-state index contributed by atoms with van der Waals surface area (Å²) in [5.41, 5.74) is 0. The first-order valence-electron chi connectivity index (χ1n) is 1.17. The molecule has 0 heterocycles. The number of hydrogen-bond acceptors (Lipinski definition) is 4. The van der Waals surface area contributed by atoms with Crippen molar-refractivity contribution < 1.29 is 32.5 Å². The standard InChI is InChI=1S/C2H4O.3O.W/c1-2-3;;;;/h2-3H,1H2;;;;. The summed E-state index contributed by atoms with van der Waals surface area (Å²) in [6.07, 6.45) is 0.750. The normalized spacial score (nSPS) is 5.14. The van der Waals surface area contributed by atoms with Crippen molar-refractivity contribution in [1.29, 1.82) is 0 Å². The van der Waals surface area contributed by atoms with Gasteiger partial charge in [0.05, 0.1) is 6.26 Å². The Labute approximate surface area is 45.9 Å². The summed E-state index contributed by atoms with van der Waals surface area (Å²) in [5.74, 6) is 0. The fourth-order valence-electron chi connectivity index (χ4n) is 0. The third-order valence-electron chi connectivity index (χ3n) is 0. The van der Waals surface area contributed by atoms with Crippen molar-refractivity contribution in [3.8, 4) is 0 Å². The number of hydrogen-bond donors (Lipinski definition) is 1. The van der Waals surface area contributed by atoms with Gasteiger partial charge in [0.25, 0.3) is 0 Å². The average molecular weight is 276 g/mol. The summed E-state index contributed by atoms with van der Waals surface area (Å²) in [5, 5.41) is 7.33. The first-order chi connectivity index (χ1) is 3.15. The number of aliphatic hydroxyl groups excluding tert-OH is 1. The van der Waals surface area contributed by atoms with Crippen molar-refractivity contribution in [1.82, 2.24) is 0 Å². The Hall–Kier alpha value is -0.372. The summed E-state index contributed by atoms with van der Waals surface area (Å²) < 4.78 is 25.8. The first-order valence-corrected chi connectivity index (χ1v) is 4.76. The Bertz CT molecular complexity index is 110. The van der Waals surface area contributed by atoms with Gasteiger partial charge in [0.1, 0.15) is 0 Å². The van der Waals surface area contributed by atoms with Gasteiger partial charge in [-0.1, -0.05) is 6.58 Å². The van der Waals surface area contributed by atoms with E-state index in [1.54, 1.807) is 0 Å². The molecule has 0 spiro atoms. The molecule has 1 N–H and O–H groups in total. The van der Waals surface area contributed by atoms with Gasteiger partial charge in [-0.05, 0) is 0 Å². The molecule has 0 aliphatic heterocycles. The monoisotopic (exact) mass is 276 g/mol. The average Bonchev–Trinajstić information content (AvgIpc) is 1.33. The molecule has 7 heavy (non-hydrogen) atoms. The minimum absolute atomic E-state index is 0.750. The van der Waals surface area contributed by atoms with Crippen molar-refractivity contribution >= 4 is 0 Å². The zero-order valence-electron chi connectivity index (χ0n) is 3.36. The molecule has 0 aliphatic rings. The second kappa shape index (κ2) is 9.16. The third kappa shape index (κ3) is 536. The van der Waals surface area contributed by atoms with E-state index in [0.717, 1.165) is 6.26 Å². The summed E-state index contributed by atoms with van der Waals surface area (Å²) in [6, 6.07) is 0. The van der Waals surface area contributed by atoms with Crippen LogP contribution in [0.4, 0.5) is 0 Å². The van der Waals surface area contributed by atoms with Crippen LogP contribution < -0.4 is 0 Å². The Morgan fingerprint density at radius 3 is 1.43 bits per heavy atom. The number of aliphatic hydroxyl groups is 1.